The molecule has 0 spiro atoms. The lowest BCUT2D eigenvalue weighted by atomic mass is 10.2. The van der Waals surface area contributed by atoms with Crippen molar-refractivity contribution in [3.8, 4) is 0 Å². The van der Waals surface area contributed by atoms with Crippen molar-refractivity contribution in [2.75, 3.05) is 6.61 Å². The summed E-state index contributed by atoms with van der Waals surface area (Å²) in [6.07, 6.45) is -4.35. The van der Waals surface area contributed by atoms with Crippen LogP contribution in [0.3, 0.4) is 0 Å². The molecule has 0 fully saturated rings. The molecule has 0 bridgehead atoms. The van der Waals surface area contributed by atoms with Gasteiger partial charge in [-0.15, -0.1) is 0 Å². The van der Waals surface area contributed by atoms with E-state index in [1.54, 1.807) is 0 Å². The molecule has 0 aliphatic carbocycles. The van der Waals surface area contributed by atoms with Crippen molar-refractivity contribution in [1.29, 1.82) is 0 Å². The van der Waals surface area contributed by atoms with E-state index in [0.29, 0.717) is 0 Å². The molecular formula is C4H11NO4. The van der Waals surface area contributed by atoms with Gasteiger partial charge in [0.25, 0.3) is 0 Å². The van der Waals surface area contributed by atoms with E-state index < -0.39 is 25.0 Å². The molecule has 0 radical (unpaired) electrons. The standard InChI is InChI=1S/C4H11NO4/c5-4(9)3(8)2(7)1-6/h2-4,6-9H,1,5H2/t2-,3+,4?/m1/s1. The number of rotatable bonds is 3. The third-order valence-corrected chi connectivity index (χ3v) is 0.931. The van der Waals surface area contributed by atoms with Crippen LogP contribution in [-0.2, 0) is 0 Å². The van der Waals surface area contributed by atoms with Crippen LogP contribution in [0.25, 0.3) is 0 Å². The van der Waals surface area contributed by atoms with Crippen molar-refractivity contribution in [3.63, 3.8) is 0 Å². The molecule has 0 saturated carbocycles. The van der Waals surface area contributed by atoms with Gasteiger partial charge in [0.1, 0.15) is 18.4 Å². The zero-order valence-corrected chi connectivity index (χ0v) is 4.81. The third kappa shape index (κ3) is 2.73. The van der Waals surface area contributed by atoms with Crippen LogP contribution in [0.2, 0.25) is 0 Å². The fourth-order valence-corrected chi connectivity index (χ4v) is 0.336. The molecule has 5 nitrogen and oxygen atoms in total. The Morgan fingerprint density at radius 1 is 1.22 bits per heavy atom. The first kappa shape index (κ1) is 8.80. The number of nitrogens with two attached hydrogens (primary N) is 1. The van der Waals surface area contributed by atoms with Crippen LogP contribution in [0.5, 0.6) is 0 Å². The second-order valence-electron chi connectivity index (χ2n) is 1.73. The molecule has 0 saturated heterocycles. The fourth-order valence-electron chi connectivity index (χ4n) is 0.336. The quantitative estimate of drug-likeness (QED) is 0.266. The average Bonchev–Trinajstić information content (AvgIpc) is 1.84. The van der Waals surface area contributed by atoms with Crippen LogP contribution >= 0.6 is 0 Å². The highest BCUT2D eigenvalue weighted by Crippen LogP contribution is 1.93. The summed E-state index contributed by atoms with van der Waals surface area (Å²) in [5.41, 5.74) is 4.75. The molecule has 0 rings (SSSR count). The monoisotopic (exact) mass is 137 g/mol. The van der Waals surface area contributed by atoms with Crippen molar-refractivity contribution in [1.82, 2.24) is 0 Å². The van der Waals surface area contributed by atoms with E-state index in [1.807, 2.05) is 0 Å². The van der Waals surface area contributed by atoms with Crippen LogP contribution in [0.1, 0.15) is 0 Å². The first-order valence-electron chi connectivity index (χ1n) is 2.50. The van der Waals surface area contributed by atoms with E-state index in [4.69, 9.17) is 26.2 Å². The van der Waals surface area contributed by atoms with E-state index in [-0.39, 0.29) is 0 Å². The molecule has 3 atom stereocenters. The number of aliphatic hydroxyl groups is 4. The molecule has 5 heteroatoms. The molecule has 0 amide bonds. The maximum absolute atomic E-state index is 8.61. The van der Waals surface area contributed by atoms with Gasteiger partial charge in [0.15, 0.2) is 0 Å². The third-order valence-electron chi connectivity index (χ3n) is 0.931. The highest BCUT2D eigenvalue weighted by Gasteiger charge is 2.19. The Hall–Kier alpha value is -0.200. The normalized spacial score (nSPS) is 21.0. The highest BCUT2D eigenvalue weighted by molar-refractivity contribution is 4.69. The molecule has 9 heavy (non-hydrogen) atoms. The SMILES string of the molecule is NC(O)[C@@H](O)[C@H](O)CO. The largest absolute Gasteiger partial charge is 0.394 e. The predicted molar refractivity (Wildman–Crippen MR) is 29.3 cm³/mol. The lowest BCUT2D eigenvalue weighted by molar-refractivity contribution is -0.0738. The molecule has 0 aromatic rings. The number of aliphatic hydroxyl groups excluding tert-OH is 4. The lowest BCUT2D eigenvalue weighted by Gasteiger charge is -2.17. The summed E-state index contributed by atoms with van der Waals surface area (Å²) in [4.78, 5) is 0. The van der Waals surface area contributed by atoms with Gasteiger partial charge in [0.2, 0.25) is 0 Å². The summed E-state index contributed by atoms with van der Waals surface area (Å²) in [5, 5.41) is 33.7. The van der Waals surface area contributed by atoms with Gasteiger partial charge >= 0.3 is 0 Å². The van der Waals surface area contributed by atoms with Gasteiger partial charge in [0.05, 0.1) is 6.61 Å². The van der Waals surface area contributed by atoms with E-state index >= 15 is 0 Å². The van der Waals surface area contributed by atoms with Crippen LogP contribution in [0, 0.1) is 0 Å². The van der Waals surface area contributed by atoms with Gasteiger partial charge in [-0.1, -0.05) is 0 Å². The first-order valence-corrected chi connectivity index (χ1v) is 2.50. The molecule has 0 heterocycles. The van der Waals surface area contributed by atoms with Gasteiger partial charge < -0.3 is 26.2 Å². The smallest absolute Gasteiger partial charge is 0.131 e. The lowest BCUT2D eigenvalue weighted by Crippen LogP contribution is -2.44. The molecule has 0 aliphatic heterocycles. The second-order valence-corrected chi connectivity index (χ2v) is 1.73. The zero-order valence-electron chi connectivity index (χ0n) is 4.81. The minimum Gasteiger partial charge on any atom is -0.394 e. The molecule has 0 aliphatic rings. The van der Waals surface area contributed by atoms with Crippen LogP contribution in [0.4, 0.5) is 0 Å². The maximum atomic E-state index is 8.61. The highest BCUT2D eigenvalue weighted by atomic mass is 16.4. The Kier molecular flexibility index (Phi) is 3.67. The zero-order chi connectivity index (χ0) is 7.44. The van der Waals surface area contributed by atoms with Crippen molar-refractivity contribution in [2.24, 2.45) is 5.73 Å². The minimum atomic E-state index is -1.51. The topological polar surface area (TPSA) is 107 Å². The summed E-state index contributed by atoms with van der Waals surface area (Å²) in [6, 6.07) is 0. The van der Waals surface area contributed by atoms with Crippen LogP contribution < -0.4 is 5.73 Å². The molecule has 56 valence electrons. The molecule has 1 unspecified atom stereocenters. The van der Waals surface area contributed by atoms with Gasteiger partial charge in [-0.25, -0.2) is 0 Å². The van der Waals surface area contributed by atoms with Gasteiger partial charge in [0, 0.05) is 0 Å². The van der Waals surface area contributed by atoms with Gasteiger partial charge in [-0.3, -0.25) is 0 Å². The van der Waals surface area contributed by atoms with E-state index in [9.17, 15) is 0 Å². The summed E-state index contributed by atoms with van der Waals surface area (Å²) in [6.45, 7) is -0.616. The van der Waals surface area contributed by atoms with E-state index in [2.05, 4.69) is 0 Å². The molecule has 0 aromatic carbocycles. The Morgan fingerprint density at radius 3 is 1.78 bits per heavy atom. The Balaban J connectivity index is 3.58. The minimum absolute atomic E-state index is 0.616. The van der Waals surface area contributed by atoms with Crippen LogP contribution in [-0.4, -0.2) is 45.5 Å². The predicted octanol–water partition coefficient (Wildman–Crippen LogP) is -3.02. The summed E-state index contributed by atoms with van der Waals surface area (Å²) < 4.78 is 0. The Labute approximate surface area is 52.4 Å². The van der Waals surface area contributed by atoms with Gasteiger partial charge in [-0.2, -0.15) is 0 Å². The van der Waals surface area contributed by atoms with Crippen molar-refractivity contribution in [3.05, 3.63) is 0 Å². The van der Waals surface area contributed by atoms with Gasteiger partial charge in [-0.05, 0) is 0 Å². The van der Waals surface area contributed by atoms with Crippen molar-refractivity contribution in [2.45, 2.75) is 18.4 Å². The molecule has 6 N–H and O–H groups in total. The average molecular weight is 137 g/mol. The molecular weight excluding hydrogens is 126 g/mol. The number of hydrogen-bond donors (Lipinski definition) is 5. The van der Waals surface area contributed by atoms with E-state index in [1.165, 1.54) is 0 Å². The van der Waals surface area contributed by atoms with E-state index in [0.717, 1.165) is 0 Å². The maximum Gasteiger partial charge on any atom is 0.131 e. The second kappa shape index (κ2) is 3.76. The Morgan fingerprint density at radius 2 is 1.67 bits per heavy atom. The summed E-state index contributed by atoms with van der Waals surface area (Å²) >= 11 is 0. The fraction of sp³-hybridized carbons (Fsp3) is 1.00. The Bertz CT molecular complexity index is 77.0. The number of hydrogen-bond acceptors (Lipinski definition) is 5. The summed E-state index contributed by atoms with van der Waals surface area (Å²) in [7, 11) is 0. The van der Waals surface area contributed by atoms with Crippen molar-refractivity contribution < 1.29 is 20.4 Å². The van der Waals surface area contributed by atoms with Crippen molar-refractivity contribution >= 4 is 0 Å². The summed E-state index contributed by atoms with van der Waals surface area (Å²) in [5.74, 6) is 0. The van der Waals surface area contributed by atoms with Crippen LogP contribution in [0.15, 0.2) is 0 Å². The first-order chi connectivity index (χ1) is 4.09. The molecule has 0 aromatic heterocycles.